The van der Waals surface area contributed by atoms with Crippen molar-refractivity contribution in [2.45, 2.75) is 37.8 Å². The lowest BCUT2D eigenvalue weighted by molar-refractivity contribution is 0.102. The summed E-state index contributed by atoms with van der Waals surface area (Å²) in [5, 5.41) is 10.2. The molecule has 1 aromatic carbocycles. The van der Waals surface area contributed by atoms with Crippen molar-refractivity contribution in [3.05, 3.63) is 53.2 Å². The first-order chi connectivity index (χ1) is 16.5. The molecular weight excluding hydrogens is 461 g/mol. The average Bonchev–Trinajstić information content (AvgIpc) is 3.52. The van der Waals surface area contributed by atoms with E-state index < -0.39 is 11.7 Å². The Kier molecular flexibility index (Phi) is 6.34. The van der Waals surface area contributed by atoms with Gasteiger partial charge in [0.15, 0.2) is 0 Å². The predicted octanol–water partition coefficient (Wildman–Crippen LogP) is 4.27. The van der Waals surface area contributed by atoms with Crippen LogP contribution in [0.4, 0.5) is 21.7 Å². The van der Waals surface area contributed by atoms with Crippen molar-refractivity contribution < 1.29 is 13.9 Å². The Morgan fingerprint density at radius 2 is 2.00 bits per heavy atom. The molecular formula is C23H25ClFN7O2. The fraction of sp³-hybridized carbons (Fsp3) is 0.391. The van der Waals surface area contributed by atoms with E-state index in [1.165, 1.54) is 24.4 Å². The summed E-state index contributed by atoms with van der Waals surface area (Å²) in [6.07, 6.45) is 8.88. The van der Waals surface area contributed by atoms with Gasteiger partial charge in [0.2, 0.25) is 11.8 Å². The third-order valence-electron chi connectivity index (χ3n) is 5.92. The van der Waals surface area contributed by atoms with Gasteiger partial charge >= 0.3 is 0 Å². The molecule has 0 bridgehead atoms. The Balaban J connectivity index is 1.33. The molecule has 3 aromatic rings. The van der Waals surface area contributed by atoms with E-state index in [1.54, 1.807) is 6.20 Å². The number of carbonyl (C=O) groups is 1. The molecule has 0 spiro atoms. The summed E-state index contributed by atoms with van der Waals surface area (Å²) in [7, 11) is 2.12. The van der Waals surface area contributed by atoms with Gasteiger partial charge in [-0.15, -0.1) is 0 Å². The fourth-order valence-electron chi connectivity index (χ4n) is 3.80. The summed E-state index contributed by atoms with van der Waals surface area (Å²) < 4.78 is 22.0. The lowest BCUT2D eigenvalue weighted by Crippen LogP contribution is -2.31. The van der Waals surface area contributed by atoms with Crippen LogP contribution < -0.4 is 15.4 Å². The summed E-state index contributed by atoms with van der Waals surface area (Å²) in [6, 6.07) is 4.54. The number of piperidine rings is 1. The van der Waals surface area contributed by atoms with Gasteiger partial charge in [-0.05, 0) is 58.0 Å². The van der Waals surface area contributed by atoms with Gasteiger partial charge in [-0.25, -0.2) is 9.37 Å². The molecule has 9 nitrogen and oxygen atoms in total. The SMILES string of the molecule is CN1CCC(n2cc(Nc3ncc(C(=O)Nc4c(F)cccc4Cl)c(OC4CC4)n3)cn2)CC1. The zero-order chi connectivity index (χ0) is 23.7. The second kappa shape index (κ2) is 9.55. The van der Waals surface area contributed by atoms with E-state index in [0.29, 0.717) is 6.04 Å². The monoisotopic (exact) mass is 485 g/mol. The predicted molar refractivity (Wildman–Crippen MR) is 126 cm³/mol. The van der Waals surface area contributed by atoms with Crippen LogP contribution in [0.5, 0.6) is 5.88 Å². The van der Waals surface area contributed by atoms with E-state index in [0.717, 1.165) is 44.5 Å². The van der Waals surface area contributed by atoms with Crippen LogP contribution in [0.15, 0.2) is 36.8 Å². The highest BCUT2D eigenvalue weighted by molar-refractivity contribution is 6.34. The van der Waals surface area contributed by atoms with Gasteiger partial charge in [0.1, 0.15) is 17.5 Å². The quantitative estimate of drug-likeness (QED) is 0.515. The highest BCUT2D eigenvalue weighted by atomic mass is 35.5. The number of anilines is 3. The summed E-state index contributed by atoms with van der Waals surface area (Å²) >= 11 is 6.04. The van der Waals surface area contributed by atoms with Gasteiger partial charge < -0.3 is 20.3 Å². The molecule has 2 N–H and O–H groups in total. The molecule has 2 aliphatic rings. The third-order valence-corrected chi connectivity index (χ3v) is 6.24. The first-order valence-corrected chi connectivity index (χ1v) is 11.6. The van der Waals surface area contributed by atoms with Crippen LogP contribution in [0.3, 0.4) is 0 Å². The Bertz CT molecular complexity index is 1170. The van der Waals surface area contributed by atoms with Gasteiger partial charge in [-0.1, -0.05) is 17.7 Å². The lowest BCUT2D eigenvalue weighted by Gasteiger charge is -2.28. The van der Waals surface area contributed by atoms with Crippen LogP contribution in [0.25, 0.3) is 0 Å². The molecule has 0 unspecified atom stereocenters. The Labute approximate surface area is 201 Å². The van der Waals surface area contributed by atoms with Gasteiger partial charge in [0, 0.05) is 12.4 Å². The topological polar surface area (TPSA) is 97.2 Å². The number of rotatable bonds is 7. The normalized spacial score (nSPS) is 16.9. The molecule has 1 saturated heterocycles. The number of ether oxygens (including phenoxy) is 1. The molecule has 1 amide bonds. The van der Waals surface area contributed by atoms with Crippen molar-refractivity contribution in [2.75, 3.05) is 30.8 Å². The highest BCUT2D eigenvalue weighted by Gasteiger charge is 2.28. The molecule has 0 radical (unpaired) electrons. The Hall–Kier alpha value is -3.24. The van der Waals surface area contributed by atoms with Crippen molar-refractivity contribution in [3.8, 4) is 5.88 Å². The van der Waals surface area contributed by atoms with E-state index in [2.05, 4.69) is 37.6 Å². The van der Waals surface area contributed by atoms with E-state index >= 15 is 0 Å². The number of likely N-dealkylation sites (tertiary alicyclic amines) is 1. The van der Waals surface area contributed by atoms with Crippen LogP contribution in [0, 0.1) is 5.82 Å². The highest BCUT2D eigenvalue weighted by Crippen LogP contribution is 2.31. The number of aromatic nitrogens is 4. The molecule has 1 saturated carbocycles. The van der Waals surface area contributed by atoms with Crippen molar-refractivity contribution >= 4 is 34.8 Å². The third kappa shape index (κ3) is 5.13. The minimum Gasteiger partial charge on any atom is -0.474 e. The van der Waals surface area contributed by atoms with Gasteiger partial charge in [-0.3, -0.25) is 9.48 Å². The number of benzene rings is 1. The number of halogens is 2. The largest absolute Gasteiger partial charge is 0.474 e. The number of hydrogen-bond acceptors (Lipinski definition) is 7. The summed E-state index contributed by atoms with van der Waals surface area (Å²) in [5.41, 5.74) is 0.737. The zero-order valence-corrected chi connectivity index (χ0v) is 19.4. The second-order valence-electron chi connectivity index (χ2n) is 8.65. The lowest BCUT2D eigenvalue weighted by atomic mass is 10.1. The molecule has 1 aliphatic carbocycles. The Morgan fingerprint density at radius 3 is 2.74 bits per heavy atom. The van der Waals surface area contributed by atoms with Crippen molar-refractivity contribution in [2.24, 2.45) is 0 Å². The minimum atomic E-state index is -0.633. The van der Waals surface area contributed by atoms with Gasteiger partial charge in [0.05, 0.1) is 28.6 Å². The van der Waals surface area contributed by atoms with Crippen molar-refractivity contribution in [1.29, 1.82) is 0 Å². The first-order valence-electron chi connectivity index (χ1n) is 11.2. The molecule has 2 aromatic heterocycles. The maximum absolute atomic E-state index is 14.1. The fourth-order valence-corrected chi connectivity index (χ4v) is 4.01. The molecule has 34 heavy (non-hydrogen) atoms. The van der Waals surface area contributed by atoms with E-state index in [9.17, 15) is 9.18 Å². The number of para-hydroxylation sites is 1. The van der Waals surface area contributed by atoms with Crippen molar-refractivity contribution in [1.82, 2.24) is 24.6 Å². The summed E-state index contributed by atoms with van der Waals surface area (Å²) in [6.45, 7) is 2.08. The molecule has 178 valence electrons. The molecule has 3 heterocycles. The van der Waals surface area contributed by atoms with Crippen LogP contribution in [0.1, 0.15) is 42.1 Å². The van der Waals surface area contributed by atoms with Crippen LogP contribution >= 0.6 is 11.6 Å². The smallest absolute Gasteiger partial charge is 0.262 e. The number of nitrogens with zero attached hydrogens (tertiary/aromatic N) is 5. The minimum absolute atomic E-state index is 0.00136. The van der Waals surface area contributed by atoms with Crippen LogP contribution in [-0.4, -0.2) is 56.8 Å². The van der Waals surface area contributed by atoms with E-state index in [1.807, 2.05) is 10.9 Å². The molecule has 0 atom stereocenters. The maximum atomic E-state index is 14.1. The average molecular weight is 486 g/mol. The molecule has 11 heteroatoms. The van der Waals surface area contributed by atoms with Crippen molar-refractivity contribution in [3.63, 3.8) is 0 Å². The first kappa shape index (κ1) is 22.5. The Morgan fingerprint density at radius 1 is 1.21 bits per heavy atom. The van der Waals surface area contributed by atoms with Gasteiger partial charge in [-0.2, -0.15) is 10.1 Å². The van der Waals surface area contributed by atoms with Crippen LogP contribution in [-0.2, 0) is 0 Å². The number of nitrogens with one attached hydrogen (secondary N) is 2. The molecule has 5 rings (SSSR count). The summed E-state index contributed by atoms with van der Waals surface area (Å²) in [4.78, 5) is 23.9. The maximum Gasteiger partial charge on any atom is 0.262 e. The standard InChI is InChI=1S/C23H25ClFN7O2/c1-31-9-7-15(8-10-31)32-13-14(11-27-32)28-23-26-12-17(22(30-23)34-16-5-6-16)21(33)29-20-18(24)3-2-4-19(20)25/h2-4,11-13,15-16H,5-10H2,1H3,(H,29,33)(H,26,28,30). The van der Waals surface area contributed by atoms with E-state index in [4.69, 9.17) is 16.3 Å². The second-order valence-corrected chi connectivity index (χ2v) is 9.06. The molecule has 1 aliphatic heterocycles. The number of hydrogen-bond donors (Lipinski definition) is 2. The number of carbonyl (C=O) groups excluding carboxylic acids is 1. The van der Waals surface area contributed by atoms with Gasteiger partial charge in [0.25, 0.3) is 5.91 Å². The van der Waals surface area contributed by atoms with Crippen LogP contribution in [0.2, 0.25) is 5.02 Å². The summed E-state index contributed by atoms with van der Waals surface area (Å²) in [5.74, 6) is -0.831. The molecule has 2 fully saturated rings. The zero-order valence-electron chi connectivity index (χ0n) is 18.7. The number of amides is 1. The van der Waals surface area contributed by atoms with E-state index in [-0.39, 0.29) is 34.2 Å².